The van der Waals surface area contributed by atoms with Crippen molar-refractivity contribution >= 4 is 16.9 Å². The molecule has 2 aromatic rings. The van der Waals surface area contributed by atoms with Crippen LogP contribution < -0.4 is 4.74 Å². The van der Waals surface area contributed by atoms with Gasteiger partial charge in [0.25, 0.3) is 0 Å². The summed E-state index contributed by atoms with van der Waals surface area (Å²) < 4.78 is 10.4. The van der Waals surface area contributed by atoms with Gasteiger partial charge in [0.15, 0.2) is 0 Å². The summed E-state index contributed by atoms with van der Waals surface area (Å²) in [6.45, 7) is 2.67. The largest absolute Gasteiger partial charge is 0.491 e. The SMILES string of the molecule is CCCOc1cccc2c(C(=O)OC)ccnc12. The molecule has 2 rings (SSSR count). The highest BCUT2D eigenvalue weighted by Crippen LogP contribution is 2.26. The van der Waals surface area contributed by atoms with Gasteiger partial charge >= 0.3 is 5.97 Å². The summed E-state index contributed by atoms with van der Waals surface area (Å²) in [7, 11) is 1.37. The van der Waals surface area contributed by atoms with Crippen LogP contribution in [0, 0.1) is 0 Å². The molecule has 0 bridgehead atoms. The zero-order chi connectivity index (χ0) is 13.0. The molecule has 4 nitrogen and oxygen atoms in total. The van der Waals surface area contributed by atoms with Crippen LogP contribution >= 0.6 is 0 Å². The lowest BCUT2D eigenvalue weighted by atomic mass is 10.1. The zero-order valence-corrected chi connectivity index (χ0v) is 10.5. The van der Waals surface area contributed by atoms with Crippen molar-refractivity contribution < 1.29 is 14.3 Å². The maximum Gasteiger partial charge on any atom is 0.338 e. The van der Waals surface area contributed by atoms with E-state index >= 15 is 0 Å². The molecule has 0 atom stereocenters. The van der Waals surface area contributed by atoms with Gasteiger partial charge in [-0.2, -0.15) is 0 Å². The average molecular weight is 245 g/mol. The molecule has 0 radical (unpaired) electrons. The standard InChI is InChI=1S/C14H15NO3/c1-3-9-18-12-6-4-5-10-11(14(16)17-2)7-8-15-13(10)12/h4-8H,3,9H2,1-2H3. The number of benzene rings is 1. The van der Waals surface area contributed by atoms with E-state index in [1.807, 2.05) is 25.1 Å². The number of ether oxygens (including phenoxy) is 2. The number of para-hydroxylation sites is 1. The zero-order valence-electron chi connectivity index (χ0n) is 10.5. The number of carbonyl (C=O) groups is 1. The van der Waals surface area contributed by atoms with Crippen LogP contribution in [0.15, 0.2) is 30.5 Å². The van der Waals surface area contributed by atoms with Gasteiger partial charge in [0.05, 0.1) is 19.3 Å². The maximum absolute atomic E-state index is 11.7. The van der Waals surface area contributed by atoms with Gasteiger partial charge in [-0.15, -0.1) is 0 Å². The number of esters is 1. The number of nitrogens with zero attached hydrogens (tertiary/aromatic N) is 1. The number of hydrogen-bond donors (Lipinski definition) is 0. The van der Waals surface area contributed by atoms with E-state index in [0.717, 1.165) is 11.8 Å². The van der Waals surface area contributed by atoms with Gasteiger partial charge in [-0.05, 0) is 18.6 Å². The first-order valence-corrected chi connectivity index (χ1v) is 5.86. The highest BCUT2D eigenvalue weighted by molar-refractivity contribution is 6.04. The summed E-state index contributed by atoms with van der Waals surface area (Å²) in [5, 5.41) is 0.748. The van der Waals surface area contributed by atoms with E-state index in [9.17, 15) is 4.79 Å². The van der Waals surface area contributed by atoms with E-state index in [-0.39, 0.29) is 5.97 Å². The molecule has 4 heteroatoms. The predicted molar refractivity (Wildman–Crippen MR) is 68.9 cm³/mol. The number of rotatable bonds is 4. The lowest BCUT2D eigenvalue weighted by Gasteiger charge is -2.09. The predicted octanol–water partition coefficient (Wildman–Crippen LogP) is 2.81. The van der Waals surface area contributed by atoms with Crippen LogP contribution in [0.3, 0.4) is 0 Å². The van der Waals surface area contributed by atoms with Gasteiger partial charge in [-0.25, -0.2) is 4.79 Å². The highest BCUT2D eigenvalue weighted by Gasteiger charge is 2.12. The summed E-state index contributed by atoms with van der Waals surface area (Å²) in [6, 6.07) is 7.19. The molecule has 1 heterocycles. The van der Waals surface area contributed by atoms with E-state index in [2.05, 4.69) is 4.98 Å². The average Bonchev–Trinajstić information content (AvgIpc) is 2.43. The van der Waals surface area contributed by atoms with Crippen molar-refractivity contribution in [3.05, 3.63) is 36.0 Å². The lowest BCUT2D eigenvalue weighted by Crippen LogP contribution is -2.03. The monoisotopic (exact) mass is 245 g/mol. The number of fused-ring (bicyclic) bond motifs is 1. The fourth-order valence-electron chi connectivity index (χ4n) is 1.77. The van der Waals surface area contributed by atoms with E-state index in [4.69, 9.17) is 9.47 Å². The van der Waals surface area contributed by atoms with Crippen molar-refractivity contribution in [1.82, 2.24) is 4.98 Å². The minimum Gasteiger partial charge on any atom is -0.491 e. The second-order valence-corrected chi connectivity index (χ2v) is 3.85. The molecule has 0 aliphatic rings. The minimum atomic E-state index is -0.366. The number of hydrogen-bond acceptors (Lipinski definition) is 4. The molecule has 0 fully saturated rings. The van der Waals surface area contributed by atoms with Crippen molar-refractivity contribution in [3.8, 4) is 5.75 Å². The Morgan fingerprint density at radius 1 is 1.33 bits per heavy atom. The molecular weight excluding hydrogens is 230 g/mol. The fraction of sp³-hybridized carbons (Fsp3) is 0.286. The van der Waals surface area contributed by atoms with Gasteiger partial charge in [0.2, 0.25) is 0 Å². The Kier molecular flexibility index (Phi) is 3.77. The molecule has 0 unspecified atom stereocenters. The summed E-state index contributed by atoms with van der Waals surface area (Å²) in [5.41, 5.74) is 1.19. The second-order valence-electron chi connectivity index (χ2n) is 3.85. The van der Waals surface area contributed by atoms with Gasteiger partial charge in [0.1, 0.15) is 11.3 Å². The van der Waals surface area contributed by atoms with E-state index in [1.165, 1.54) is 7.11 Å². The quantitative estimate of drug-likeness (QED) is 0.777. The van der Waals surface area contributed by atoms with Crippen LogP contribution in [0.5, 0.6) is 5.75 Å². The number of methoxy groups -OCH3 is 1. The molecule has 1 aromatic heterocycles. The van der Waals surface area contributed by atoms with Crippen molar-refractivity contribution in [3.63, 3.8) is 0 Å². The Hall–Kier alpha value is -2.10. The number of carbonyl (C=O) groups excluding carboxylic acids is 1. The Balaban J connectivity index is 2.54. The smallest absolute Gasteiger partial charge is 0.338 e. The Morgan fingerprint density at radius 3 is 2.89 bits per heavy atom. The Bertz CT molecular complexity index is 566. The highest BCUT2D eigenvalue weighted by atomic mass is 16.5. The normalized spacial score (nSPS) is 10.3. The molecule has 94 valence electrons. The first-order chi connectivity index (χ1) is 8.77. The molecule has 18 heavy (non-hydrogen) atoms. The van der Waals surface area contributed by atoms with Gasteiger partial charge in [0, 0.05) is 11.6 Å². The minimum absolute atomic E-state index is 0.366. The third-order valence-electron chi connectivity index (χ3n) is 2.60. The number of aromatic nitrogens is 1. The van der Waals surface area contributed by atoms with Crippen LogP contribution in [0.25, 0.3) is 10.9 Å². The molecule has 0 aliphatic heterocycles. The van der Waals surface area contributed by atoms with Crippen molar-refractivity contribution in [2.24, 2.45) is 0 Å². The molecule has 0 N–H and O–H groups in total. The third kappa shape index (κ3) is 2.27. The van der Waals surface area contributed by atoms with Gasteiger partial charge < -0.3 is 9.47 Å². The first-order valence-electron chi connectivity index (χ1n) is 5.86. The second kappa shape index (κ2) is 5.49. The van der Waals surface area contributed by atoms with Crippen LogP contribution in [0.2, 0.25) is 0 Å². The maximum atomic E-state index is 11.7. The van der Waals surface area contributed by atoms with Crippen LogP contribution in [0.4, 0.5) is 0 Å². The van der Waals surface area contributed by atoms with Crippen molar-refractivity contribution in [2.45, 2.75) is 13.3 Å². The molecule has 0 saturated heterocycles. The lowest BCUT2D eigenvalue weighted by molar-refractivity contribution is 0.0603. The summed E-state index contributed by atoms with van der Waals surface area (Å²) in [5.74, 6) is 0.329. The molecule has 1 aromatic carbocycles. The summed E-state index contributed by atoms with van der Waals surface area (Å²) >= 11 is 0. The van der Waals surface area contributed by atoms with Crippen molar-refractivity contribution in [2.75, 3.05) is 13.7 Å². The topological polar surface area (TPSA) is 48.4 Å². The fourth-order valence-corrected chi connectivity index (χ4v) is 1.77. The molecule has 0 amide bonds. The van der Waals surface area contributed by atoms with Gasteiger partial charge in [-0.1, -0.05) is 19.1 Å². The van der Waals surface area contributed by atoms with Gasteiger partial charge in [-0.3, -0.25) is 4.98 Å². The third-order valence-corrected chi connectivity index (χ3v) is 2.60. The van der Waals surface area contributed by atoms with E-state index in [1.54, 1.807) is 12.3 Å². The van der Waals surface area contributed by atoms with Crippen molar-refractivity contribution in [1.29, 1.82) is 0 Å². The molecule has 0 saturated carbocycles. The Labute approximate surface area is 106 Å². The molecular formula is C14H15NO3. The first kappa shape index (κ1) is 12.4. The summed E-state index contributed by atoms with van der Waals surface area (Å²) in [6.07, 6.45) is 2.51. The van der Waals surface area contributed by atoms with Crippen LogP contribution in [-0.4, -0.2) is 24.7 Å². The summed E-state index contributed by atoms with van der Waals surface area (Å²) in [4.78, 5) is 15.9. The van der Waals surface area contributed by atoms with Crippen LogP contribution in [-0.2, 0) is 4.74 Å². The molecule has 0 spiro atoms. The molecule has 0 aliphatic carbocycles. The van der Waals surface area contributed by atoms with E-state index < -0.39 is 0 Å². The number of pyridine rings is 1. The van der Waals surface area contributed by atoms with Crippen LogP contribution in [0.1, 0.15) is 23.7 Å². The van der Waals surface area contributed by atoms with E-state index in [0.29, 0.717) is 23.4 Å². The Morgan fingerprint density at radius 2 is 2.17 bits per heavy atom.